The summed E-state index contributed by atoms with van der Waals surface area (Å²) in [6.07, 6.45) is 7.01. The summed E-state index contributed by atoms with van der Waals surface area (Å²) in [4.78, 5) is 10.8. The van der Waals surface area contributed by atoms with Crippen LogP contribution in [0, 0.1) is 0 Å². The summed E-state index contributed by atoms with van der Waals surface area (Å²) in [7, 11) is 1.41. The van der Waals surface area contributed by atoms with Crippen molar-refractivity contribution in [2.75, 3.05) is 13.7 Å². The first-order chi connectivity index (χ1) is 8.20. The summed E-state index contributed by atoms with van der Waals surface area (Å²) in [5, 5.41) is 17.7. The van der Waals surface area contributed by atoms with Crippen LogP contribution in [-0.2, 0) is 9.53 Å². The Bertz CT molecular complexity index is 187. The average molecular weight is 247 g/mol. The number of unbranched alkanes of at least 4 members (excludes halogenated alkanes) is 5. The van der Waals surface area contributed by atoms with E-state index in [1.807, 2.05) is 5.48 Å². The zero-order chi connectivity index (χ0) is 12.9. The smallest absolute Gasteiger partial charge is 0.305 e. The minimum absolute atomic E-state index is 0.135. The summed E-state index contributed by atoms with van der Waals surface area (Å²) in [6.45, 7) is 0.235. The number of ether oxygens (including phenoxy) is 1. The molecule has 0 spiro atoms. The highest BCUT2D eigenvalue weighted by molar-refractivity contribution is 5.68. The molecule has 0 aromatic heterocycles. The van der Waals surface area contributed by atoms with E-state index in [1.165, 1.54) is 7.11 Å². The number of esters is 1. The predicted molar refractivity (Wildman–Crippen MR) is 64.7 cm³/mol. The molecule has 3 N–H and O–H groups in total. The number of hydrogen-bond donors (Lipinski definition) is 3. The summed E-state index contributed by atoms with van der Waals surface area (Å²) in [6, 6.07) is 0. The molecule has 0 fully saturated rings. The number of methoxy groups -OCH3 is 1. The molecule has 17 heavy (non-hydrogen) atoms. The van der Waals surface area contributed by atoms with Crippen molar-refractivity contribution in [2.24, 2.45) is 0 Å². The molecule has 0 amide bonds. The monoisotopic (exact) mass is 247 g/mol. The summed E-state index contributed by atoms with van der Waals surface area (Å²) in [5.41, 5.74) is 1.96. The van der Waals surface area contributed by atoms with Gasteiger partial charge in [0.1, 0.15) is 0 Å². The molecule has 0 bridgehead atoms. The summed E-state index contributed by atoms with van der Waals surface area (Å²) in [5.74, 6) is -0.135. The molecule has 0 aromatic carbocycles. The number of nitrogens with one attached hydrogen (secondary N) is 1. The highest BCUT2D eigenvalue weighted by atomic mass is 16.5. The molecule has 0 aliphatic heterocycles. The zero-order valence-electron chi connectivity index (χ0n) is 10.7. The van der Waals surface area contributed by atoms with Crippen LogP contribution in [0.2, 0.25) is 0 Å². The largest absolute Gasteiger partial charge is 0.469 e. The van der Waals surface area contributed by atoms with Gasteiger partial charge in [0.15, 0.2) is 0 Å². The lowest BCUT2D eigenvalue weighted by molar-refractivity contribution is -0.140. The molecule has 0 saturated heterocycles. The molecule has 0 unspecified atom stereocenters. The third-order valence-corrected chi connectivity index (χ3v) is 2.72. The van der Waals surface area contributed by atoms with Crippen molar-refractivity contribution in [3.05, 3.63) is 0 Å². The third-order valence-electron chi connectivity index (χ3n) is 2.72. The van der Waals surface area contributed by atoms with E-state index in [2.05, 4.69) is 4.74 Å². The first-order valence-corrected chi connectivity index (χ1v) is 6.32. The third kappa shape index (κ3) is 11.6. The fourth-order valence-corrected chi connectivity index (χ4v) is 1.67. The molecule has 0 radical (unpaired) electrons. The Balaban J connectivity index is 3.11. The Hall–Kier alpha value is -0.650. The van der Waals surface area contributed by atoms with Crippen LogP contribution in [-0.4, -0.2) is 36.0 Å². The molecule has 0 aliphatic carbocycles. The Kier molecular flexibility index (Phi) is 11.4. The standard InChI is InChI=1S/C12H25NO4/c1-17-12(15)9-7-5-3-2-4-6-8-11(14)10-13-16/h11,13-14,16H,2-10H2,1H3/t11-/m1/s1. The molecule has 0 aliphatic rings. The Morgan fingerprint density at radius 3 is 2.35 bits per heavy atom. The second-order valence-corrected chi connectivity index (χ2v) is 4.25. The molecular formula is C12H25NO4. The van der Waals surface area contributed by atoms with E-state index in [9.17, 15) is 9.90 Å². The van der Waals surface area contributed by atoms with Gasteiger partial charge in [-0.25, -0.2) is 5.48 Å². The van der Waals surface area contributed by atoms with Gasteiger partial charge in [0.2, 0.25) is 0 Å². The maximum Gasteiger partial charge on any atom is 0.305 e. The van der Waals surface area contributed by atoms with Crippen LogP contribution in [0.1, 0.15) is 51.4 Å². The van der Waals surface area contributed by atoms with Gasteiger partial charge in [0, 0.05) is 13.0 Å². The van der Waals surface area contributed by atoms with Gasteiger partial charge in [-0.15, -0.1) is 0 Å². The Morgan fingerprint density at radius 1 is 1.18 bits per heavy atom. The number of rotatable bonds is 11. The van der Waals surface area contributed by atoms with Crippen LogP contribution >= 0.6 is 0 Å². The van der Waals surface area contributed by atoms with Gasteiger partial charge in [-0.2, -0.15) is 0 Å². The van der Waals surface area contributed by atoms with Crippen LogP contribution < -0.4 is 5.48 Å². The minimum Gasteiger partial charge on any atom is -0.469 e. The van der Waals surface area contributed by atoms with Gasteiger partial charge in [0.25, 0.3) is 0 Å². The first kappa shape index (κ1) is 16.4. The maximum absolute atomic E-state index is 10.8. The van der Waals surface area contributed by atoms with Gasteiger partial charge in [-0.3, -0.25) is 4.79 Å². The molecule has 1 atom stereocenters. The topological polar surface area (TPSA) is 78.8 Å². The highest BCUT2D eigenvalue weighted by Crippen LogP contribution is 2.10. The van der Waals surface area contributed by atoms with Crippen LogP contribution in [0.3, 0.4) is 0 Å². The lowest BCUT2D eigenvalue weighted by Crippen LogP contribution is -2.23. The van der Waals surface area contributed by atoms with Crippen LogP contribution in [0.15, 0.2) is 0 Å². The molecule has 5 heteroatoms. The molecule has 102 valence electrons. The summed E-state index contributed by atoms with van der Waals surface area (Å²) >= 11 is 0. The number of carbonyl (C=O) groups is 1. The molecule has 5 nitrogen and oxygen atoms in total. The molecule has 0 saturated carbocycles. The quantitative estimate of drug-likeness (QED) is 0.294. The second kappa shape index (κ2) is 11.8. The number of hydroxylamine groups is 1. The molecule has 0 aromatic rings. The van der Waals surface area contributed by atoms with Crippen LogP contribution in [0.25, 0.3) is 0 Å². The van der Waals surface area contributed by atoms with E-state index in [0.29, 0.717) is 6.42 Å². The predicted octanol–water partition coefficient (Wildman–Crippen LogP) is 1.62. The lowest BCUT2D eigenvalue weighted by atomic mass is 10.1. The van der Waals surface area contributed by atoms with E-state index >= 15 is 0 Å². The van der Waals surface area contributed by atoms with Crippen molar-refractivity contribution < 1.29 is 19.8 Å². The van der Waals surface area contributed by atoms with Gasteiger partial charge in [0.05, 0.1) is 13.2 Å². The number of hydrogen-bond acceptors (Lipinski definition) is 5. The molecular weight excluding hydrogens is 222 g/mol. The van der Waals surface area contributed by atoms with Gasteiger partial charge < -0.3 is 15.1 Å². The average Bonchev–Trinajstić information content (AvgIpc) is 2.32. The van der Waals surface area contributed by atoms with E-state index in [4.69, 9.17) is 5.21 Å². The normalized spacial score (nSPS) is 12.4. The zero-order valence-corrected chi connectivity index (χ0v) is 10.7. The van der Waals surface area contributed by atoms with E-state index in [0.717, 1.165) is 44.9 Å². The molecule has 0 heterocycles. The van der Waals surface area contributed by atoms with E-state index < -0.39 is 6.10 Å². The van der Waals surface area contributed by atoms with Crippen molar-refractivity contribution >= 4 is 5.97 Å². The van der Waals surface area contributed by atoms with Crippen molar-refractivity contribution in [2.45, 2.75) is 57.5 Å². The Morgan fingerprint density at radius 2 is 1.76 bits per heavy atom. The lowest BCUT2D eigenvalue weighted by Gasteiger charge is -2.08. The SMILES string of the molecule is COC(=O)CCCCCCCC[C@@H](O)CNO. The Labute approximate surface area is 103 Å². The minimum atomic E-state index is -0.459. The van der Waals surface area contributed by atoms with Gasteiger partial charge in [-0.1, -0.05) is 32.1 Å². The van der Waals surface area contributed by atoms with E-state index in [-0.39, 0.29) is 12.5 Å². The number of aliphatic hydroxyl groups excluding tert-OH is 1. The van der Waals surface area contributed by atoms with Crippen LogP contribution in [0.4, 0.5) is 0 Å². The first-order valence-electron chi connectivity index (χ1n) is 6.32. The maximum atomic E-state index is 10.8. The van der Waals surface area contributed by atoms with Gasteiger partial charge in [-0.05, 0) is 12.8 Å². The fourth-order valence-electron chi connectivity index (χ4n) is 1.67. The van der Waals surface area contributed by atoms with Gasteiger partial charge >= 0.3 is 5.97 Å². The second-order valence-electron chi connectivity index (χ2n) is 4.25. The summed E-state index contributed by atoms with van der Waals surface area (Å²) < 4.78 is 4.55. The molecule has 0 rings (SSSR count). The van der Waals surface area contributed by atoms with Crippen molar-refractivity contribution in [3.8, 4) is 0 Å². The number of aliphatic hydroxyl groups is 1. The van der Waals surface area contributed by atoms with Crippen molar-refractivity contribution in [3.63, 3.8) is 0 Å². The van der Waals surface area contributed by atoms with Crippen LogP contribution in [0.5, 0.6) is 0 Å². The van der Waals surface area contributed by atoms with Crippen molar-refractivity contribution in [1.82, 2.24) is 5.48 Å². The number of carbonyl (C=O) groups excluding carboxylic acids is 1. The van der Waals surface area contributed by atoms with E-state index in [1.54, 1.807) is 0 Å². The van der Waals surface area contributed by atoms with Crippen molar-refractivity contribution in [1.29, 1.82) is 0 Å². The fraction of sp³-hybridized carbons (Fsp3) is 0.917. The highest BCUT2D eigenvalue weighted by Gasteiger charge is 2.02.